The van der Waals surface area contributed by atoms with Crippen LogP contribution in [0.3, 0.4) is 0 Å². The summed E-state index contributed by atoms with van der Waals surface area (Å²) < 4.78 is 0. The Hall–Kier alpha value is -0.0800. The summed E-state index contributed by atoms with van der Waals surface area (Å²) >= 11 is 0. The normalized spacial score (nSPS) is 41.2. The maximum absolute atomic E-state index is 5.76. The molecule has 0 aliphatic heterocycles. The first-order chi connectivity index (χ1) is 7.07. The minimum absolute atomic E-state index is 0.514. The molecule has 2 fully saturated rings. The quantitative estimate of drug-likeness (QED) is 0.555. The zero-order chi connectivity index (χ0) is 11.1. The zero-order valence-corrected chi connectivity index (χ0v) is 10.4. The summed E-state index contributed by atoms with van der Waals surface area (Å²) in [7, 11) is 0. The van der Waals surface area contributed by atoms with E-state index in [4.69, 9.17) is 5.84 Å². The van der Waals surface area contributed by atoms with Crippen molar-refractivity contribution in [3.8, 4) is 0 Å². The summed E-state index contributed by atoms with van der Waals surface area (Å²) in [4.78, 5) is 0. The summed E-state index contributed by atoms with van der Waals surface area (Å²) in [5, 5.41) is 0. The summed E-state index contributed by atoms with van der Waals surface area (Å²) in [6.45, 7) is 7.18. The summed E-state index contributed by atoms with van der Waals surface area (Å²) in [6.07, 6.45) is 6.85. The second kappa shape index (κ2) is 4.06. The van der Waals surface area contributed by atoms with Gasteiger partial charge in [0.15, 0.2) is 0 Å². The lowest BCUT2D eigenvalue weighted by Crippen LogP contribution is -2.48. The molecule has 0 aromatic rings. The van der Waals surface area contributed by atoms with Crippen molar-refractivity contribution in [2.45, 2.75) is 58.9 Å². The monoisotopic (exact) mass is 210 g/mol. The van der Waals surface area contributed by atoms with Crippen molar-refractivity contribution in [2.24, 2.45) is 29.0 Å². The lowest BCUT2D eigenvalue weighted by atomic mass is 9.70. The molecule has 0 amide bonds. The van der Waals surface area contributed by atoms with Gasteiger partial charge in [-0.25, -0.2) is 0 Å². The van der Waals surface area contributed by atoms with Gasteiger partial charge in [-0.05, 0) is 48.9 Å². The highest BCUT2D eigenvalue weighted by molar-refractivity contribution is 5.01. The van der Waals surface area contributed by atoms with Gasteiger partial charge in [0.25, 0.3) is 0 Å². The standard InChI is InChI=1S/C13H26N2/c1-9-4-5-11(8-10(9)2)12(15-14)13(3)6-7-13/h9-12,15H,4-8,14H2,1-3H3. The van der Waals surface area contributed by atoms with Crippen LogP contribution in [0.1, 0.15) is 52.9 Å². The number of nitrogens with two attached hydrogens (primary N) is 1. The van der Waals surface area contributed by atoms with E-state index in [1.165, 1.54) is 32.1 Å². The van der Waals surface area contributed by atoms with E-state index in [-0.39, 0.29) is 0 Å². The van der Waals surface area contributed by atoms with E-state index >= 15 is 0 Å². The number of nitrogens with one attached hydrogen (secondary N) is 1. The second-order valence-corrected chi connectivity index (χ2v) is 6.33. The molecule has 3 N–H and O–H groups in total. The molecular formula is C13H26N2. The zero-order valence-electron chi connectivity index (χ0n) is 10.4. The summed E-state index contributed by atoms with van der Waals surface area (Å²) in [5.74, 6) is 8.36. The molecule has 0 bridgehead atoms. The molecular weight excluding hydrogens is 184 g/mol. The fourth-order valence-corrected chi connectivity index (χ4v) is 3.31. The summed E-state index contributed by atoms with van der Waals surface area (Å²) in [6, 6.07) is 0.562. The number of rotatable bonds is 3. The van der Waals surface area contributed by atoms with E-state index in [0.29, 0.717) is 11.5 Å². The van der Waals surface area contributed by atoms with E-state index in [1.807, 2.05) is 0 Å². The lowest BCUT2D eigenvalue weighted by molar-refractivity contribution is 0.138. The molecule has 0 heterocycles. The Bertz CT molecular complexity index is 223. The van der Waals surface area contributed by atoms with E-state index in [1.54, 1.807) is 0 Å². The molecule has 2 rings (SSSR count). The molecule has 0 aromatic heterocycles. The van der Waals surface area contributed by atoms with Crippen LogP contribution in [-0.2, 0) is 0 Å². The predicted molar refractivity (Wildman–Crippen MR) is 64.1 cm³/mol. The van der Waals surface area contributed by atoms with Crippen molar-refractivity contribution in [1.29, 1.82) is 0 Å². The summed E-state index contributed by atoms with van der Waals surface area (Å²) in [5.41, 5.74) is 3.62. The van der Waals surface area contributed by atoms with Gasteiger partial charge in [0.2, 0.25) is 0 Å². The Morgan fingerprint density at radius 2 is 1.87 bits per heavy atom. The van der Waals surface area contributed by atoms with Gasteiger partial charge in [0.05, 0.1) is 0 Å². The van der Waals surface area contributed by atoms with Crippen LogP contribution in [0.2, 0.25) is 0 Å². The third kappa shape index (κ3) is 2.21. The van der Waals surface area contributed by atoms with Gasteiger partial charge in [-0.15, -0.1) is 0 Å². The highest BCUT2D eigenvalue weighted by Gasteiger charge is 2.48. The Kier molecular flexibility index (Phi) is 3.09. The van der Waals surface area contributed by atoms with Gasteiger partial charge in [-0.2, -0.15) is 0 Å². The average molecular weight is 210 g/mol. The molecule has 0 aromatic carbocycles. The first-order valence-corrected chi connectivity index (χ1v) is 6.53. The minimum Gasteiger partial charge on any atom is -0.271 e. The largest absolute Gasteiger partial charge is 0.271 e. The second-order valence-electron chi connectivity index (χ2n) is 6.33. The first-order valence-electron chi connectivity index (χ1n) is 6.53. The molecule has 4 atom stereocenters. The minimum atomic E-state index is 0.514. The van der Waals surface area contributed by atoms with Gasteiger partial charge < -0.3 is 0 Å². The van der Waals surface area contributed by atoms with Crippen molar-refractivity contribution in [3.05, 3.63) is 0 Å². The van der Waals surface area contributed by atoms with E-state index in [0.717, 1.165) is 17.8 Å². The molecule has 88 valence electrons. The van der Waals surface area contributed by atoms with Crippen LogP contribution in [0.5, 0.6) is 0 Å². The smallest absolute Gasteiger partial charge is 0.0292 e. The maximum atomic E-state index is 5.76. The SMILES string of the molecule is CC1CCC(C(NN)C2(C)CC2)CC1C. The molecule has 4 unspecified atom stereocenters. The van der Waals surface area contributed by atoms with Crippen LogP contribution in [-0.4, -0.2) is 6.04 Å². The molecule has 0 saturated heterocycles. The fraction of sp³-hybridized carbons (Fsp3) is 1.00. The molecule has 2 aliphatic carbocycles. The third-order valence-electron chi connectivity index (χ3n) is 5.08. The molecule has 2 nitrogen and oxygen atoms in total. The third-order valence-corrected chi connectivity index (χ3v) is 5.08. The van der Waals surface area contributed by atoms with E-state index < -0.39 is 0 Å². The van der Waals surface area contributed by atoms with Crippen LogP contribution >= 0.6 is 0 Å². The van der Waals surface area contributed by atoms with Gasteiger partial charge in [-0.3, -0.25) is 11.3 Å². The molecule has 15 heavy (non-hydrogen) atoms. The van der Waals surface area contributed by atoms with Gasteiger partial charge in [-0.1, -0.05) is 27.2 Å². The van der Waals surface area contributed by atoms with Crippen molar-refractivity contribution in [1.82, 2.24) is 5.43 Å². The Morgan fingerprint density at radius 3 is 2.33 bits per heavy atom. The topological polar surface area (TPSA) is 38.0 Å². The molecule has 2 aliphatic rings. The molecule has 2 saturated carbocycles. The van der Waals surface area contributed by atoms with Crippen LogP contribution < -0.4 is 11.3 Å². The van der Waals surface area contributed by atoms with Gasteiger partial charge in [0, 0.05) is 6.04 Å². The highest BCUT2D eigenvalue weighted by Crippen LogP contribution is 2.52. The Labute approximate surface area is 94.0 Å². The van der Waals surface area contributed by atoms with Crippen molar-refractivity contribution < 1.29 is 0 Å². The number of hydrogen-bond donors (Lipinski definition) is 2. The van der Waals surface area contributed by atoms with E-state index in [2.05, 4.69) is 26.2 Å². The first kappa shape index (κ1) is 11.4. The number of hydrogen-bond acceptors (Lipinski definition) is 2. The fourth-order valence-electron chi connectivity index (χ4n) is 3.31. The van der Waals surface area contributed by atoms with Crippen molar-refractivity contribution in [3.63, 3.8) is 0 Å². The lowest BCUT2D eigenvalue weighted by Gasteiger charge is -2.39. The van der Waals surface area contributed by atoms with Crippen LogP contribution in [0.25, 0.3) is 0 Å². The average Bonchev–Trinajstić information content (AvgIpc) is 2.92. The molecule has 2 heteroatoms. The Balaban J connectivity index is 1.97. The van der Waals surface area contributed by atoms with Gasteiger partial charge >= 0.3 is 0 Å². The van der Waals surface area contributed by atoms with Gasteiger partial charge in [0.1, 0.15) is 0 Å². The van der Waals surface area contributed by atoms with Crippen LogP contribution in [0.15, 0.2) is 0 Å². The molecule has 0 radical (unpaired) electrons. The van der Waals surface area contributed by atoms with E-state index in [9.17, 15) is 0 Å². The van der Waals surface area contributed by atoms with Crippen LogP contribution in [0.4, 0.5) is 0 Å². The van der Waals surface area contributed by atoms with Crippen LogP contribution in [0, 0.1) is 23.2 Å². The Morgan fingerprint density at radius 1 is 1.20 bits per heavy atom. The van der Waals surface area contributed by atoms with Crippen molar-refractivity contribution >= 4 is 0 Å². The maximum Gasteiger partial charge on any atom is 0.0292 e. The number of hydrazine groups is 1. The highest BCUT2D eigenvalue weighted by atomic mass is 15.2. The predicted octanol–water partition coefficient (Wildman–Crippen LogP) is 2.69. The molecule has 0 spiro atoms. The van der Waals surface area contributed by atoms with Crippen molar-refractivity contribution in [2.75, 3.05) is 0 Å².